The first-order chi connectivity index (χ1) is 8.69. The minimum atomic E-state index is -0.411. The van der Waals surface area contributed by atoms with Crippen LogP contribution in [-0.2, 0) is 6.54 Å². The average molecular weight is 248 g/mol. The molecule has 0 heterocycles. The van der Waals surface area contributed by atoms with Gasteiger partial charge in [-0.2, -0.15) is 0 Å². The Labute approximate surface area is 106 Å². The SMILES string of the molecule is CC#CCCNCc1cc([N+](=O)[O-])ccc1OC. The van der Waals surface area contributed by atoms with Gasteiger partial charge in [-0.1, -0.05) is 0 Å². The molecule has 18 heavy (non-hydrogen) atoms. The monoisotopic (exact) mass is 248 g/mol. The lowest BCUT2D eigenvalue weighted by Gasteiger charge is -2.08. The van der Waals surface area contributed by atoms with E-state index in [0.717, 1.165) is 18.5 Å². The van der Waals surface area contributed by atoms with E-state index in [1.54, 1.807) is 20.1 Å². The number of methoxy groups -OCH3 is 1. The Morgan fingerprint density at radius 2 is 2.28 bits per heavy atom. The molecule has 0 unspecified atom stereocenters. The lowest BCUT2D eigenvalue weighted by molar-refractivity contribution is -0.384. The Balaban J connectivity index is 2.68. The van der Waals surface area contributed by atoms with Crippen LogP contribution in [-0.4, -0.2) is 18.6 Å². The van der Waals surface area contributed by atoms with E-state index in [-0.39, 0.29) is 5.69 Å². The largest absolute Gasteiger partial charge is 0.496 e. The fourth-order valence-corrected chi connectivity index (χ4v) is 1.52. The molecule has 0 atom stereocenters. The van der Waals surface area contributed by atoms with Crippen LogP contribution in [0.2, 0.25) is 0 Å². The second kappa shape index (κ2) is 7.30. The van der Waals surface area contributed by atoms with Crippen molar-refractivity contribution in [1.82, 2.24) is 5.32 Å². The zero-order valence-electron chi connectivity index (χ0n) is 10.5. The molecule has 0 aromatic heterocycles. The highest BCUT2D eigenvalue weighted by molar-refractivity contribution is 5.43. The molecule has 0 saturated carbocycles. The molecule has 0 saturated heterocycles. The standard InChI is InChI=1S/C13H16N2O3/c1-3-4-5-8-14-10-11-9-12(15(16)17)6-7-13(11)18-2/h6-7,9,14H,5,8,10H2,1-2H3. The lowest BCUT2D eigenvalue weighted by atomic mass is 10.1. The van der Waals surface area contributed by atoms with Gasteiger partial charge in [-0.3, -0.25) is 10.1 Å². The summed E-state index contributed by atoms with van der Waals surface area (Å²) < 4.78 is 5.17. The van der Waals surface area contributed by atoms with Gasteiger partial charge in [0.2, 0.25) is 0 Å². The van der Waals surface area contributed by atoms with E-state index in [0.29, 0.717) is 12.3 Å². The van der Waals surface area contributed by atoms with E-state index >= 15 is 0 Å². The third-order valence-corrected chi connectivity index (χ3v) is 2.39. The van der Waals surface area contributed by atoms with E-state index in [2.05, 4.69) is 17.2 Å². The van der Waals surface area contributed by atoms with Crippen molar-refractivity contribution in [3.8, 4) is 17.6 Å². The van der Waals surface area contributed by atoms with Crippen molar-refractivity contribution in [2.24, 2.45) is 0 Å². The first-order valence-corrected chi connectivity index (χ1v) is 5.60. The maximum absolute atomic E-state index is 10.7. The molecule has 1 aromatic carbocycles. The number of hydrogen-bond donors (Lipinski definition) is 1. The summed E-state index contributed by atoms with van der Waals surface area (Å²) in [5, 5.41) is 13.9. The fourth-order valence-electron chi connectivity index (χ4n) is 1.52. The summed E-state index contributed by atoms with van der Waals surface area (Å²) in [4.78, 5) is 10.3. The molecular weight excluding hydrogens is 232 g/mol. The zero-order chi connectivity index (χ0) is 13.4. The molecule has 0 aliphatic heterocycles. The van der Waals surface area contributed by atoms with Crippen LogP contribution >= 0.6 is 0 Å². The average Bonchev–Trinajstić information content (AvgIpc) is 2.38. The van der Waals surface area contributed by atoms with Gasteiger partial charge >= 0.3 is 0 Å². The van der Waals surface area contributed by atoms with Gasteiger partial charge in [0.15, 0.2) is 0 Å². The molecule has 1 aromatic rings. The molecule has 0 radical (unpaired) electrons. The normalized spacial score (nSPS) is 9.44. The van der Waals surface area contributed by atoms with E-state index in [1.807, 2.05) is 0 Å². The van der Waals surface area contributed by atoms with Crippen molar-refractivity contribution in [2.75, 3.05) is 13.7 Å². The number of nitro benzene ring substituents is 1. The van der Waals surface area contributed by atoms with Crippen LogP contribution in [0.3, 0.4) is 0 Å². The Bertz CT molecular complexity index is 475. The van der Waals surface area contributed by atoms with E-state index < -0.39 is 4.92 Å². The number of nitrogens with one attached hydrogen (secondary N) is 1. The molecule has 5 heteroatoms. The van der Waals surface area contributed by atoms with Gasteiger partial charge in [0.25, 0.3) is 5.69 Å². The summed E-state index contributed by atoms with van der Waals surface area (Å²) >= 11 is 0. The number of rotatable bonds is 6. The van der Waals surface area contributed by atoms with E-state index in [1.165, 1.54) is 12.1 Å². The fraction of sp³-hybridized carbons (Fsp3) is 0.385. The number of nitrogens with zero attached hydrogens (tertiary/aromatic N) is 1. The molecular formula is C13H16N2O3. The summed E-state index contributed by atoms with van der Waals surface area (Å²) in [6, 6.07) is 4.57. The Morgan fingerprint density at radius 1 is 1.50 bits per heavy atom. The lowest BCUT2D eigenvalue weighted by Crippen LogP contribution is -2.15. The van der Waals surface area contributed by atoms with E-state index in [9.17, 15) is 10.1 Å². The van der Waals surface area contributed by atoms with Crippen LogP contribution in [0, 0.1) is 22.0 Å². The summed E-state index contributed by atoms with van der Waals surface area (Å²) in [5.41, 5.74) is 0.845. The van der Waals surface area contributed by atoms with Gasteiger partial charge in [0.05, 0.1) is 12.0 Å². The number of nitro groups is 1. The Hall–Kier alpha value is -2.06. The van der Waals surface area contributed by atoms with Crippen molar-refractivity contribution < 1.29 is 9.66 Å². The molecule has 0 fully saturated rings. The number of ether oxygens (including phenoxy) is 1. The quantitative estimate of drug-likeness (QED) is 0.362. The topological polar surface area (TPSA) is 64.4 Å². The van der Waals surface area contributed by atoms with Gasteiger partial charge in [-0.05, 0) is 13.0 Å². The molecule has 0 aliphatic rings. The van der Waals surface area contributed by atoms with Crippen LogP contribution in [0.1, 0.15) is 18.9 Å². The second-order valence-electron chi connectivity index (χ2n) is 3.61. The molecule has 5 nitrogen and oxygen atoms in total. The molecule has 1 rings (SSSR count). The van der Waals surface area contributed by atoms with Crippen molar-refractivity contribution in [2.45, 2.75) is 19.9 Å². The number of hydrogen-bond acceptors (Lipinski definition) is 4. The minimum absolute atomic E-state index is 0.0703. The van der Waals surface area contributed by atoms with Crippen molar-refractivity contribution in [3.05, 3.63) is 33.9 Å². The molecule has 96 valence electrons. The van der Waals surface area contributed by atoms with Crippen LogP contribution < -0.4 is 10.1 Å². The van der Waals surface area contributed by atoms with Gasteiger partial charge in [-0.25, -0.2) is 0 Å². The summed E-state index contributed by atoms with van der Waals surface area (Å²) in [5.74, 6) is 6.40. The third-order valence-electron chi connectivity index (χ3n) is 2.39. The highest BCUT2D eigenvalue weighted by Crippen LogP contribution is 2.23. The highest BCUT2D eigenvalue weighted by atomic mass is 16.6. The molecule has 0 amide bonds. The van der Waals surface area contributed by atoms with Crippen LogP contribution in [0.25, 0.3) is 0 Å². The molecule has 0 bridgehead atoms. The Morgan fingerprint density at radius 3 is 2.89 bits per heavy atom. The maximum Gasteiger partial charge on any atom is 0.270 e. The summed E-state index contributed by atoms with van der Waals surface area (Å²) in [6.07, 6.45) is 0.758. The first-order valence-electron chi connectivity index (χ1n) is 5.60. The predicted molar refractivity (Wildman–Crippen MR) is 69.4 cm³/mol. The first kappa shape index (κ1) is 14.0. The van der Waals surface area contributed by atoms with Crippen molar-refractivity contribution in [3.63, 3.8) is 0 Å². The van der Waals surface area contributed by atoms with Crippen molar-refractivity contribution >= 4 is 5.69 Å². The molecule has 0 spiro atoms. The van der Waals surface area contributed by atoms with Gasteiger partial charge < -0.3 is 10.1 Å². The van der Waals surface area contributed by atoms with Crippen LogP contribution in [0.5, 0.6) is 5.75 Å². The smallest absolute Gasteiger partial charge is 0.270 e. The minimum Gasteiger partial charge on any atom is -0.496 e. The maximum atomic E-state index is 10.7. The highest BCUT2D eigenvalue weighted by Gasteiger charge is 2.10. The molecule has 0 aliphatic carbocycles. The van der Waals surface area contributed by atoms with E-state index in [4.69, 9.17) is 4.74 Å². The third kappa shape index (κ3) is 4.07. The predicted octanol–water partition coefficient (Wildman–Crippen LogP) is 2.11. The number of non-ortho nitro benzene ring substituents is 1. The summed E-state index contributed by atoms with van der Waals surface area (Å²) in [7, 11) is 1.55. The van der Waals surface area contributed by atoms with Crippen LogP contribution in [0.4, 0.5) is 5.69 Å². The van der Waals surface area contributed by atoms with Gasteiger partial charge in [-0.15, -0.1) is 11.8 Å². The zero-order valence-corrected chi connectivity index (χ0v) is 10.5. The Kier molecular flexibility index (Phi) is 5.68. The molecule has 1 N–H and O–H groups in total. The van der Waals surface area contributed by atoms with Gasteiger partial charge in [0, 0.05) is 37.2 Å². The second-order valence-corrected chi connectivity index (χ2v) is 3.61. The van der Waals surface area contributed by atoms with Crippen molar-refractivity contribution in [1.29, 1.82) is 0 Å². The summed E-state index contributed by atoms with van der Waals surface area (Å²) in [6.45, 7) is 3.06. The van der Waals surface area contributed by atoms with Crippen LogP contribution in [0.15, 0.2) is 18.2 Å². The van der Waals surface area contributed by atoms with Gasteiger partial charge in [0.1, 0.15) is 5.75 Å². The number of benzene rings is 1.